The van der Waals surface area contributed by atoms with Gasteiger partial charge in [0.1, 0.15) is 4.90 Å². The fraction of sp³-hybridized carbons (Fsp3) is 0.364. The maximum Gasteiger partial charge on any atom is 0.296 e. The first kappa shape index (κ1) is 13.3. The van der Waals surface area contributed by atoms with Crippen LogP contribution in [0.3, 0.4) is 0 Å². The van der Waals surface area contributed by atoms with E-state index in [2.05, 4.69) is 5.32 Å². The molecule has 1 aromatic rings. The van der Waals surface area contributed by atoms with E-state index in [0.717, 1.165) is 36.8 Å². The summed E-state index contributed by atoms with van der Waals surface area (Å²) in [7, 11) is -4.29. The van der Waals surface area contributed by atoms with Crippen LogP contribution in [0, 0.1) is 0 Å². The maximum absolute atomic E-state index is 11.4. The molecule has 18 heavy (non-hydrogen) atoms. The lowest BCUT2D eigenvalue weighted by atomic mass is 9.91. The van der Waals surface area contributed by atoms with Crippen LogP contribution in [0.1, 0.15) is 24.0 Å². The van der Waals surface area contributed by atoms with E-state index in [4.69, 9.17) is 18.0 Å². The maximum atomic E-state index is 11.4. The molecule has 1 aromatic carbocycles. The predicted octanol–water partition coefficient (Wildman–Crippen LogP) is 1.47. The first-order valence-corrected chi connectivity index (χ1v) is 7.42. The Hall–Kier alpha value is -1.18. The summed E-state index contributed by atoms with van der Waals surface area (Å²) >= 11 is 4.70. The molecular weight excluding hydrogens is 272 g/mol. The van der Waals surface area contributed by atoms with Crippen LogP contribution in [0.5, 0.6) is 0 Å². The Morgan fingerprint density at radius 3 is 2.33 bits per heavy atom. The number of nitrogens with one attached hydrogen (secondary N) is 1. The third-order valence-electron chi connectivity index (χ3n) is 2.98. The van der Waals surface area contributed by atoms with Gasteiger partial charge in [-0.1, -0.05) is 0 Å². The molecule has 98 valence electrons. The smallest absolute Gasteiger partial charge is 0.296 e. The molecule has 5 nitrogen and oxygen atoms in total. The topological polar surface area (TPSA) is 92.4 Å². The fourth-order valence-corrected chi connectivity index (χ4v) is 3.00. The average Bonchev–Trinajstić information content (AvgIpc) is 2.26. The quantitative estimate of drug-likeness (QED) is 0.563. The lowest BCUT2D eigenvalue weighted by Crippen LogP contribution is -2.21. The summed E-state index contributed by atoms with van der Waals surface area (Å²) in [6.45, 7) is 0. The zero-order valence-electron chi connectivity index (χ0n) is 9.64. The van der Waals surface area contributed by atoms with Gasteiger partial charge in [-0.3, -0.25) is 4.55 Å². The van der Waals surface area contributed by atoms with Crippen molar-refractivity contribution in [1.82, 2.24) is 0 Å². The summed E-state index contributed by atoms with van der Waals surface area (Å²) in [5, 5.41) is 2.57. The van der Waals surface area contributed by atoms with Crippen molar-refractivity contribution in [1.29, 1.82) is 0 Å². The lowest BCUT2D eigenvalue weighted by molar-refractivity contribution is 0.483. The van der Waals surface area contributed by atoms with Gasteiger partial charge in [-0.2, -0.15) is 8.42 Å². The van der Waals surface area contributed by atoms with E-state index in [9.17, 15) is 13.0 Å². The zero-order chi connectivity index (χ0) is 13.3. The van der Waals surface area contributed by atoms with Gasteiger partial charge in [-0.05, 0) is 61.2 Å². The summed E-state index contributed by atoms with van der Waals surface area (Å²) in [4.78, 5) is -0.170. The molecule has 2 rings (SSSR count). The van der Waals surface area contributed by atoms with Gasteiger partial charge < -0.3 is 11.1 Å². The fourth-order valence-electron chi connectivity index (χ4n) is 2.21. The number of hydrogen-bond acceptors (Lipinski definition) is 3. The van der Waals surface area contributed by atoms with Crippen molar-refractivity contribution in [3.63, 3.8) is 0 Å². The van der Waals surface area contributed by atoms with Gasteiger partial charge in [0.25, 0.3) is 10.1 Å². The van der Waals surface area contributed by atoms with Crippen molar-refractivity contribution in [3.8, 4) is 0 Å². The minimum Gasteiger partial charge on any atom is -0.376 e. The van der Waals surface area contributed by atoms with Crippen LogP contribution in [0.2, 0.25) is 0 Å². The number of hydrogen-bond donors (Lipinski definition) is 3. The second-order valence-electron chi connectivity index (χ2n) is 4.29. The van der Waals surface area contributed by atoms with E-state index in [1.54, 1.807) is 6.07 Å². The molecule has 0 heterocycles. The van der Waals surface area contributed by atoms with E-state index in [-0.39, 0.29) is 15.7 Å². The molecule has 0 spiro atoms. The predicted molar refractivity (Wildman–Crippen MR) is 73.3 cm³/mol. The van der Waals surface area contributed by atoms with Crippen molar-refractivity contribution in [2.45, 2.75) is 30.6 Å². The SMILES string of the molecule is NC(=S)Nc1cc2c(cc1S(=O)(=O)O)CCCC2. The molecule has 0 fully saturated rings. The third kappa shape index (κ3) is 2.80. The van der Waals surface area contributed by atoms with Crippen LogP contribution in [0.15, 0.2) is 17.0 Å². The molecule has 0 saturated heterocycles. The highest BCUT2D eigenvalue weighted by Crippen LogP contribution is 2.30. The van der Waals surface area contributed by atoms with Crippen LogP contribution in [0.4, 0.5) is 5.69 Å². The summed E-state index contributed by atoms with van der Waals surface area (Å²) in [6.07, 6.45) is 3.82. The Labute approximate surface area is 111 Å². The number of thiocarbonyl (C=S) groups is 1. The highest BCUT2D eigenvalue weighted by molar-refractivity contribution is 7.86. The largest absolute Gasteiger partial charge is 0.376 e. The van der Waals surface area contributed by atoms with Crippen LogP contribution in [-0.4, -0.2) is 18.1 Å². The number of benzene rings is 1. The molecule has 1 aliphatic rings. The van der Waals surface area contributed by atoms with E-state index in [0.29, 0.717) is 0 Å². The van der Waals surface area contributed by atoms with E-state index >= 15 is 0 Å². The number of aryl methyl sites for hydroxylation is 2. The monoisotopic (exact) mass is 286 g/mol. The van der Waals surface area contributed by atoms with E-state index in [1.165, 1.54) is 6.07 Å². The van der Waals surface area contributed by atoms with E-state index in [1.807, 2.05) is 0 Å². The molecule has 0 aromatic heterocycles. The van der Waals surface area contributed by atoms with Gasteiger partial charge in [-0.25, -0.2) is 0 Å². The normalized spacial score (nSPS) is 14.9. The molecule has 0 radical (unpaired) electrons. The summed E-state index contributed by atoms with van der Waals surface area (Å²) in [6, 6.07) is 3.21. The van der Waals surface area contributed by atoms with Crippen molar-refractivity contribution < 1.29 is 13.0 Å². The molecule has 7 heteroatoms. The molecule has 1 aliphatic carbocycles. The summed E-state index contributed by atoms with van der Waals surface area (Å²) in [5.41, 5.74) is 7.63. The first-order chi connectivity index (χ1) is 8.38. The van der Waals surface area contributed by atoms with Gasteiger partial charge in [0.05, 0.1) is 5.69 Å². The molecule has 0 atom stereocenters. The minimum atomic E-state index is -4.29. The van der Waals surface area contributed by atoms with Crippen LogP contribution >= 0.6 is 12.2 Å². The third-order valence-corrected chi connectivity index (χ3v) is 3.98. The van der Waals surface area contributed by atoms with Gasteiger partial charge in [0.15, 0.2) is 5.11 Å². The number of anilines is 1. The standard InChI is InChI=1S/C11H14N2O3S2/c12-11(17)13-9-5-7-3-1-2-4-8(7)6-10(9)18(14,15)16/h5-6H,1-4H2,(H3,12,13,17)(H,14,15,16). The average molecular weight is 286 g/mol. The van der Waals surface area contributed by atoms with Crippen molar-refractivity contribution in [3.05, 3.63) is 23.3 Å². The molecule has 0 saturated carbocycles. The zero-order valence-corrected chi connectivity index (χ0v) is 11.3. The Morgan fingerprint density at radius 1 is 1.28 bits per heavy atom. The molecule has 4 N–H and O–H groups in total. The van der Waals surface area contributed by atoms with Gasteiger partial charge >= 0.3 is 0 Å². The lowest BCUT2D eigenvalue weighted by Gasteiger charge is -2.19. The first-order valence-electron chi connectivity index (χ1n) is 5.57. The molecule has 0 amide bonds. The van der Waals surface area contributed by atoms with Crippen LogP contribution < -0.4 is 11.1 Å². The minimum absolute atomic E-state index is 0.0318. The second-order valence-corrected chi connectivity index (χ2v) is 6.12. The highest BCUT2D eigenvalue weighted by Gasteiger charge is 2.20. The Balaban J connectivity index is 2.58. The summed E-state index contributed by atoms with van der Waals surface area (Å²) in [5.74, 6) is 0. The van der Waals surface area contributed by atoms with Crippen molar-refractivity contribution >= 4 is 33.1 Å². The van der Waals surface area contributed by atoms with Crippen molar-refractivity contribution in [2.75, 3.05) is 5.32 Å². The number of fused-ring (bicyclic) bond motifs is 1. The molecule has 0 bridgehead atoms. The molecule has 0 aliphatic heterocycles. The number of nitrogens with two attached hydrogens (primary N) is 1. The van der Waals surface area contributed by atoms with Crippen LogP contribution in [-0.2, 0) is 23.0 Å². The van der Waals surface area contributed by atoms with Crippen LogP contribution in [0.25, 0.3) is 0 Å². The van der Waals surface area contributed by atoms with Crippen molar-refractivity contribution in [2.24, 2.45) is 5.73 Å². The van der Waals surface area contributed by atoms with Gasteiger partial charge in [0.2, 0.25) is 0 Å². The molecular formula is C11H14N2O3S2. The second kappa shape index (κ2) is 4.83. The Morgan fingerprint density at radius 2 is 1.83 bits per heavy atom. The number of rotatable bonds is 2. The molecule has 0 unspecified atom stereocenters. The van der Waals surface area contributed by atoms with Gasteiger partial charge in [-0.15, -0.1) is 0 Å². The Kier molecular flexibility index (Phi) is 3.56. The highest BCUT2D eigenvalue weighted by atomic mass is 32.2. The van der Waals surface area contributed by atoms with Gasteiger partial charge in [0, 0.05) is 0 Å². The summed E-state index contributed by atoms with van der Waals surface area (Å²) < 4.78 is 31.9. The van der Waals surface area contributed by atoms with E-state index < -0.39 is 10.1 Å². The Bertz CT molecular complexity index is 597.